The summed E-state index contributed by atoms with van der Waals surface area (Å²) in [7, 11) is 0. The molecule has 2 aromatic rings. The van der Waals surface area contributed by atoms with Gasteiger partial charge in [0.25, 0.3) is 0 Å². The van der Waals surface area contributed by atoms with Crippen LogP contribution >= 0.6 is 11.6 Å². The number of benzene rings is 2. The van der Waals surface area contributed by atoms with Crippen molar-refractivity contribution in [1.29, 1.82) is 0 Å². The van der Waals surface area contributed by atoms with Gasteiger partial charge in [0.1, 0.15) is 11.4 Å². The Morgan fingerprint density at radius 3 is 2.53 bits per heavy atom. The number of amides is 3. The lowest BCUT2D eigenvalue weighted by Crippen LogP contribution is -2.54. The van der Waals surface area contributed by atoms with Crippen molar-refractivity contribution >= 4 is 35.0 Å². The molecule has 0 radical (unpaired) electrons. The fraction of sp³-hybridized carbons (Fsp3) is 0.348. The van der Waals surface area contributed by atoms with Crippen molar-refractivity contribution in [3.05, 3.63) is 63.9 Å². The van der Waals surface area contributed by atoms with E-state index in [1.807, 2.05) is 0 Å². The number of carbonyl (C=O) groups is 3. The number of aryl methyl sites for hydroxylation is 1. The normalized spacial score (nSPS) is 29.5. The zero-order valence-corrected chi connectivity index (χ0v) is 18.1. The predicted molar refractivity (Wildman–Crippen MR) is 114 cm³/mol. The van der Waals surface area contributed by atoms with E-state index >= 15 is 0 Å². The Balaban J connectivity index is 1.63. The third kappa shape index (κ3) is 2.76. The van der Waals surface area contributed by atoms with E-state index in [0.717, 1.165) is 10.5 Å². The number of aliphatic hydroxyl groups excluding tert-OH is 1. The van der Waals surface area contributed by atoms with Gasteiger partial charge in [-0.1, -0.05) is 23.7 Å². The zero-order chi connectivity index (χ0) is 22.9. The summed E-state index contributed by atoms with van der Waals surface area (Å²) in [5.74, 6) is -3.84. The summed E-state index contributed by atoms with van der Waals surface area (Å²) < 4.78 is 13.3. The fourth-order valence-electron chi connectivity index (χ4n) is 5.37. The number of likely N-dealkylation sites (tertiary alicyclic amines) is 1. The molecule has 0 saturated carbocycles. The third-order valence-corrected chi connectivity index (χ3v) is 7.00. The summed E-state index contributed by atoms with van der Waals surface area (Å²) in [6.07, 6.45) is -0.999. The maximum Gasteiger partial charge on any atom is 0.250 e. The van der Waals surface area contributed by atoms with E-state index in [0.29, 0.717) is 21.8 Å². The molecule has 2 aromatic carbocycles. The first kappa shape index (κ1) is 21.1. The standard InChI is InChI=1S/C23H21ClFN3O4/c1-10-7-13(24)8-15-18(10)26-22(32)23(15)17-16(19(27-23)11(2)29)20(30)28(21(17)31)9-12-3-5-14(25)6-4-12/h3-8,11,16-17,19,27,29H,9H2,1-2H3,(H,26,32)/t11-,16-,17-,19-,23+/m0/s1. The number of nitrogens with one attached hydrogen (secondary N) is 2. The fourth-order valence-corrected chi connectivity index (χ4v) is 5.64. The van der Waals surface area contributed by atoms with Gasteiger partial charge in [-0.2, -0.15) is 0 Å². The molecule has 7 nitrogen and oxygen atoms in total. The van der Waals surface area contributed by atoms with Gasteiger partial charge in [-0.15, -0.1) is 0 Å². The Kier molecular flexibility index (Phi) is 4.67. The molecule has 2 fully saturated rings. The molecule has 0 unspecified atom stereocenters. The summed E-state index contributed by atoms with van der Waals surface area (Å²) in [5, 5.41) is 16.8. The number of imide groups is 1. The van der Waals surface area contributed by atoms with E-state index in [1.165, 1.54) is 31.2 Å². The Bertz CT molecular complexity index is 1170. The van der Waals surface area contributed by atoms with Crippen LogP contribution in [-0.2, 0) is 26.5 Å². The lowest BCUT2D eigenvalue weighted by atomic mass is 9.76. The number of nitrogens with zero attached hydrogens (tertiary/aromatic N) is 1. The van der Waals surface area contributed by atoms with Crippen molar-refractivity contribution in [3.8, 4) is 0 Å². The van der Waals surface area contributed by atoms with Crippen LogP contribution in [0.3, 0.4) is 0 Å². The molecule has 0 bridgehead atoms. The summed E-state index contributed by atoms with van der Waals surface area (Å²) in [5.41, 5.74) is 0.835. The molecular formula is C23H21ClFN3O4. The lowest BCUT2D eigenvalue weighted by Gasteiger charge is -2.30. The summed E-state index contributed by atoms with van der Waals surface area (Å²) >= 11 is 6.28. The number of hydrogen-bond donors (Lipinski definition) is 3. The van der Waals surface area contributed by atoms with Crippen LogP contribution in [0, 0.1) is 24.6 Å². The highest BCUT2D eigenvalue weighted by molar-refractivity contribution is 6.31. The minimum Gasteiger partial charge on any atom is -0.392 e. The van der Waals surface area contributed by atoms with E-state index < -0.39 is 53.1 Å². The molecule has 5 atom stereocenters. The van der Waals surface area contributed by atoms with Gasteiger partial charge in [0, 0.05) is 22.3 Å². The van der Waals surface area contributed by atoms with Crippen LogP contribution in [0.1, 0.15) is 23.6 Å². The highest BCUT2D eigenvalue weighted by Gasteiger charge is 2.71. The highest BCUT2D eigenvalue weighted by Crippen LogP contribution is 2.54. The van der Waals surface area contributed by atoms with Gasteiger partial charge >= 0.3 is 0 Å². The molecular weight excluding hydrogens is 437 g/mol. The molecule has 3 amide bonds. The topological polar surface area (TPSA) is 98.7 Å². The van der Waals surface area contributed by atoms with Crippen molar-refractivity contribution in [2.45, 2.75) is 38.1 Å². The number of anilines is 1. The van der Waals surface area contributed by atoms with Crippen molar-refractivity contribution in [2.24, 2.45) is 11.8 Å². The molecule has 2 saturated heterocycles. The molecule has 3 aliphatic rings. The molecule has 0 aliphatic carbocycles. The van der Waals surface area contributed by atoms with Crippen LogP contribution in [0.5, 0.6) is 0 Å². The number of rotatable bonds is 3. The molecule has 3 N–H and O–H groups in total. The molecule has 5 rings (SSSR count). The maximum atomic E-state index is 13.6. The second kappa shape index (κ2) is 7.10. The van der Waals surface area contributed by atoms with E-state index in [4.69, 9.17) is 11.6 Å². The van der Waals surface area contributed by atoms with Crippen molar-refractivity contribution in [2.75, 3.05) is 5.32 Å². The van der Waals surface area contributed by atoms with Crippen LogP contribution in [0.15, 0.2) is 36.4 Å². The number of halogens is 2. The van der Waals surface area contributed by atoms with Gasteiger partial charge in [0.05, 0.1) is 24.5 Å². The van der Waals surface area contributed by atoms with Gasteiger partial charge in [-0.05, 0) is 49.2 Å². The van der Waals surface area contributed by atoms with Gasteiger partial charge in [0.15, 0.2) is 0 Å². The summed E-state index contributed by atoms with van der Waals surface area (Å²) in [4.78, 5) is 41.5. The Labute approximate surface area is 188 Å². The van der Waals surface area contributed by atoms with E-state index in [2.05, 4.69) is 10.6 Å². The Hall–Kier alpha value is -2.81. The first-order chi connectivity index (χ1) is 15.1. The minimum absolute atomic E-state index is 0.0450. The summed E-state index contributed by atoms with van der Waals surface area (Å²) in [6.45, 7) is 3.27. The summed E-state index contributed by atoms with van der Waals surface area (Å²) in [6, 6.07) is 8.04. The van der Waals surface area contributed by atoms with E-state index in [-0.39, 0.29) is 6.54 Å². The van der Waals surface area contributed by atoms with Crippen LogP contribution in [-0.4, -0.2) is 39.9 Å². The highest BCUT2D eigenvalue weighted by atomic mass is 35.5. The van der Waals surface area contributed by atoms with E-state index in [9.17, 15) is 23.9 Å². The monoisotopic (exact) mass is 457 g/mol. The molecule has 3 aliphatic heterocycles. The molecule has 166 valence electrons. The molecule has 0 aromatic heterocycles. The average Bonchev–Trinajstić information content (AvgIpc) is 3.32. The van der Waals surface area contributed by atoms with Crippen molar-refractivity contribution < 1.29 is 23.9 Å². The number of carbonyl (C=O) groups excluding carboxylic acids is 3. The van der Waals surface area contributed by atoms with Crippen LogP contribution < -0.4 is 10.6 Å². The smallest absolute Gasteiger partial charge is 0.250 e. The third-order valence-electron chi connectivity index (χ3n) is 6.79. The van der Waals surface area contributed by atoms with Gasteiger partial charge in [-0.25, -0.2) is 4.39 Å². The average molecular weight is 458 g/mol. The Morgan fingerprint density at radius 2 is 1.88 bits per heavy atom. The Morgan fingerprint density at radius 1 is 1.19 bits per heavy atom. The number of fused-ring (bicyclic) bond motifs is 4. The SMILES string of the molecule is Cc1cc(Cl)cc2c1NC(=O)[C@@]21N[C@@H]([C@H](C)O)[C@H]2C(=O)N(Cc3ccc(F)cc3)C(=O)[C@H]21. The second-order valence-corrected chi connectivity index (χ2v) is 9.15. The van der Waals surface area contributed by atoms with Crippen molar-refractivity contribution in [3.63, 3.8) is 0 Å². The quantitative estimate of drug-likeness (QED) is 0.613. The van der Waals surface area contributed by atoms with Gasteiger partial charge < -0.3 is 10.4 Å². The largest absolute Gasteiger partial charge is 0.392 e. The van der Waals surface area contributed by atoms with Gasteiger partial charge in [-0.3, -0.25) is 24.6 Å². The molecule has 1 spiro atoms. The lowest BCUT2D eigenvalue weighted by molar-refractivity contribution is -0.143. The first-order valence-electron chi connectivity index (χ1n) is 10.3. The van der Waals surface area contributed by atoms with Crippen LogP contribution in [0.25, 0.3) is 0 Å². The molecule has 3 heterocycles. The molecule has 9 heteroatoms. The first-order valence-corrected chi connectivity index (χ1v) is 10.7. The number of hydrogen-bond acceptors (Lipinski definition) is 5. The van der Waals surface area contributed by atoms with Crippen LogP contribution in [0.4, 0.5) is 10.1 Å². The predicted octanol–water partition coefficient (Wildman–Crippen LogP) is 2.09. The minimum atomic E-state index is -1.53. The number of aliphatic hydroxyl groups is 1. The second-order valence-electron chi connectivity index (χ2n) is 8.71. The van der Waals surface area contributed by atoms with E-state index in [1.54, 1.807) is 19.1 Å². The maximum absolute atomic E-state index is 13.6. The van der Waals surface area contributed by atoms with Crippen molar-refractivity contribution in [1.82, 2.24) is 10.2 Å². The van der Waals surface area contributed by atoms with Crippen LogP contribution in [0.2, 0.25) is 5.02 Å². The molecule has 32 heavy (non-hydrogen) atoms. The zero-order valence-electron chi connectivity index (χ0n) is 17.4. The van der Waals surface area contributed by atoms with Gasteiger partial charge in [0.2, 0.25) is 17.7 Å².